The van der Waals surface area contributed by atoms with Gasteiger partial charge in [-0.3, -0.25) is 4.98 Å². The van der Waals surface area contributed by atoms with Gasteiger partial charge in [0, 0.05) is 17.6 Å². The Balaban J connectivity index is 2.47. The number of nitrogens with one attached hydrogen (secondary N) is 1. The van der Waals surface area contributed by atoms with Crippen LogP contribution in [0, 0.1) is 25.2 Å². The van der Waals surface area contributed by atoms with Gasteiger partial charge in [-0.25, -0.2) is 4.79 Å². The molecule has 1 aromatic heterocycles. The number of aryl methyl sites for hydroxylation is 2. The topological polar surface area (TPSA) is 86.0 Å². The molecule has 100 valence electrons. The lowest BCUT2D eigenvalue weighted by Crippen LogP contribution is -2.05. The molecule has 0 spiro atoms. The molecule has 0 aliphatic carbocycles. The molecule has 0 atom stereocenters. The van der Waals surface area contributed by atoms with Crippen molar-refractivity contribution in [3.05, 3.63) is 52.8 Å². The molecule has 1 aromatic carbocycles. The van der Waals surface area contributed by atoms with Gasteiger partial charge in [-0.15, -0.1) is 0 Å². The summed E-state index contributed by atoms with van der Waals surface area (Å²) in [5.74, 6) is -1.05. The van der Waals surface area contributed by atoms with Gasteiger partial charge in [-0.05, 0) is 37.6 Å². The minimum absolute atomic E-state index is 0.0948. The summed E-state index contributed by atoms with van der Waals surface area (Å²) in [6.45, 7) is 3.67. The van der Waals surface area contributed by atoms with E-state index in [1.807, 2.05) is 13.0 Å². The second-order valence-electron chi connectivity index (χ2n) is 4.44. The molecule has 2 rings (SSSR count). The highest BCUT2D eigenvalue weighted by Crippen LogP contribution is 2.24. The van der Waals surface area contributed by atoms with Crippen molar-refractivity contribution in [2.45, 2.75) is 13.8 Å². The lowest BCUT2D eigenvalue weighted by Gasteiger charge is -2.12. The van der Waals surface area contributed by atoms with Gasteiger partial charge in [0.05, 0.1) is 17.3 Å². The molecule has 0 aliphatic rings. The predicted octanol–water partition coefficient (Wildman–Crippen LogP) is 3.01. The second-order valence-corrected chi connectivity index (χ2v) is 4.44. The molecule has 0 bridgehead atoms. The zero-order chi connectivity index (χ0) is 14.7. The van der Waals surface area contributed by atoms with Crippen LogP contribution < -0.4 is 5.32 Å². The summed E-state index contributed by atoms with van der Waals surface area (Å²) in [7, 11) is 0. The van der Waals surface area contributed by atoms with Crippen molar-refractivity contribution in [3.8, 4) is 6.07 Å². The molecule has 0 amide bonds. The molecule has 0 saturated carbocycles. The van der Waals surface area contributed by atoms with Crippen molar-refractivity contribution >= 4 is 17.3 Å². The van der Waals surface area contributed by atoms with E-state index < -0.39 is 5.97 Å². The highest BCUT2D eigenvalue weighted by atomic mass is 16.4. The Kier molecular flexibility index (Phi) is 3.67. The average molecular weight is 267 g/mol. The Labute approximate surface area is 116 Å². The van der Waals surface area contributed by atoms with E-state index >= 15 is 0 Å². The third-order valence-corrected chi connectivity index (χ3v) is 2.91. The van der Waals surface area contributed by atoms with Gasteiger partial charge in [0.1, 0.15) is 5.56 Å². The Hall–Kier alpha value is -2.87. The molecule has 5 nitrogen and oxygen atoms in total. The van der Waals surface area contributed by atoms with Gasteiger partial charge in [0.2, 0.25) is 0 Å². The molecule has 2 N–H and O–H groups in total. The minimum Gasteiger partial charge on any atom is -0.478 e. The number of hydrogen-bond donors (Lipinski definition) is 2. The van der Waals surface area contributed by atoms with Crippen LogP contribution in [0.5, 0.6) is 0 Å². The Morgan fingerprint density at radius 1 is 1.30 bits per heavy atom. The number of rotatable bonds is 3. The van der Waals surface area contributed by atoms with E-state index in [9.17, 15) is 9.90 Å². The summed E-state index contributed by atoms with van der Waals surface area (Å²) in [5, 5.41) is 21.2. The van der Waals surface area contributed by atoms with E-state index in [2.05, 4.69) is 16.4 Å². The van der Waals surface area contributed by atoms with Gasteiger partial charge >= 0.3 is 5.97 Å². The number of carboxylic acid groups (broad SMARTS) is 1. The summed E-state index contributed by atoms with van der Waals surface area (Å²) in [4.78, 5) is 15.2. The second kappa shape index (κ2) is 5.41. The van der Waals surface area contributed by atoms with Crippen LogP contribution in [-0.2, 0) is 0 Å². The minimum atomic E-state index is -1.05. The first-order chi connectivity index (χ1) is 9.51. The fourth-order valence-corrected chi connectivity index (χ4v) is 1.80. The lowest BCUT2D eigenvalue weighted by molar-refractivity contribution is 0.0697. The van der Waals surface area contributed by atoms with E-state index in [0.29, 0.717) is 22.6 Å². The Bertz CT molecular complexity index is 718. The van der Waals surface area contributed by atoms with Crippen molar-refractivity contribution in [3.63, 3.8) is 0 Å². The zero-order valence-corrected chi connectivity index (χ0v) is 11.1. The number of anilines is 2. The van der Waals surface area contributed by atoms with Crippen LogP contribution in [0.3, 0.4) is 0 Å². The predicted molar refractivity (Wildman–Crippen MR) is 75.1 cm³/mol. The average Bonchev–Trinajstić information content (AvgIpc) is 2.41. The molecule has 0 unspecified atom stereocenters. The molecule has 5 heteroatoms. The molecule has 20 heavy (non-hydrogen) atoms. The van der Waals surface area contributed by atoms with Crippen molar-refractivity contribution in [2.24, 2.45) is 0 Å². The smallest absolute Gasteiger partial charge is 0.339 e. The number of aromatic nitrogens is 1. The fourth-order valence-electron chi connectivity index (χ4n) is 1.80. The molecule has 2 aromatic rings. The summed E-state index contributed by atoms with van der Waals surface area (Å²) >= 11 is 0. The Morgan fingerprint density at radius 2 is 2.05 bits per heavy atom. The zero-order valence-electron chi connectivity index (χ0n) is 11.1. The quantitative estimate of drug-likeness (QED) is 0.892. The molecule has 0 fully saturated rings. The summed E-state index contributed by atoms with van der Waals surface area (Å²) in [5.41, 5.74) is 3.42. The SMILES string of the molecule is Cc1cc(Nc2cc(C#N)ccc2C)c(C(=O)O)cn1. The van der Waals surface area contributed by atoms with Crippen LogP contribution in [0.4, 0.5) is 11.4 Å². The van der Waals surface area contributed by atoms with Gasteiger partial charge in [0.15, 0.2) is 0 Å². The molecule has 0 saturated heterocycles. The van der Waals surface area contributed by atoms with Crippen LogP contribution in [0.15, 0.2) is 30.5 Å². The largest absolute Gasteiger partial charge is 0.478 e. The van der Waals surface area contributed by atoms with Gasteiger partial charge in [-0.1, -0.05) is 6.07 Å². The summed E-state index contributed by atoms with van der Waals surface area (Å²) in [6, 6.07) is 8.95. The fraction of sp³-hybridized carbons (Fsp3) is 0.133. The Morgan fingerprint density at radius 3 is 2.70 bits per heavy atom. The maximum absolute atomic E-state index is 11.2. The third-order valence-electron chi connectivity index (χ3n) is 2.91. The first-order valence-electron chi connectivity index (χ1n) is 5.99. The monoisotopic (exact) mass is 267 g/mol. The normalized spacial score (nSPS) is 9.85. The molecule has 1 heterocycles. The van der Waals surface area contributed by atoms with Crippen LogP contribution in [0.25, 0.3) is 0 Å². The van der Waals surface area contributed by atoms with Crippen molar-refractivity contribution in [1.82, 2.24) is 4.98 Å². The highest BCUT2D eigenvalue weighted by Gasteiger charge is 2.12. The van der Waals surface area contributed by atoms with E-state index in [-0.39, 0.29) is 5.56 Å². The maximum Gasteiger partial charge on any atom is 0.339 e. The van der Waals surface area contributed by atoms with Gasteiger partial charge < -0.3 is 10.4 Å². The lowest BCUT2D eigenvalue weighted by atomic mass is 10.1. The standard InChI is InChI=1S/C15H13N3O2/c1-9-3-4-11(7-16)6-13(9)18-14-5-10(2)17-8-12(14)15(19)20/h3-6,8H,1-2H3,(H,17,18)(H,19,20). The van der Waals surface area contributed by atoms with Crippen LogP contribution in [0.1, 0.15) is 27.2 Å². The number of nitrogens with zero attached hydrogens (tertiary/aromatic N) is 2. The number of carbonyl (C=O) groups is 1. The molecule has 0 aliphatic heterocycles. The van der Waals surface area contributed by atoms with E-state index in [4.69, 9.17) is 5.26 Å². The van der Waals surface area contributed by atoms with Crippen LogP contribution in [0.2, 0.25) is 0 Å². The first-order valence-corrected chi connectivity index (χ1v) is 5.99. The maximum atomic E-state index is 11.2. The summed E-state index contributed by atoms with van der Waals surface area (Å²) < 4.78 is 0. The van der Waals surface area contributed by atoms with Crippen molar-refractivity contribution < 1.29 is 9.90 Å². The van der Waals surface area contributed by atoms with E-state index in [0.717, 1.165) is 5.56 Å². The number of carboxylic acids is 1. The number of benzene rings is 1. The highest BCUT2D eigenvalue weighted by molar-refractivity contribution is 5.95. The number of nitriles is 1. The van der Waals surface area contributed by atoms with Gasteiger partial charge in [-0.2, -0.15) is 5.26 Å². The molecule has 0 radical (unpaired) electrons. The van der Waals surface area contributed by atoms with Crippen LogP contribution >= 0.6 is 0 Å². The molecular weight excluding hydrogens is 254 g/mol. The number of pyridine rings is 1. The number of aromatic carboxylic acids is 1. The third kappa shape index (κ3) is 2.75. The summed E-state index contributed by atoms with van der Waals surface area (Å²) in [6.07, 6.45) is 1.32. The van der Waals surface area contributed by atoms with Crippen molar-refractivity contribution in [1.29, 1.82) is 5.26 Å². The van der Waals surface area contributed by atoms with Crippen LogP contribution in [-0.4, -0.2) is 16.1 Å². The van der Waals surface area contributed by atoms with E-state index in [1.54, 1.807) is 25.1 Å². The molecular formula is C15H13N3O2. The van der Waals surface area contributed by atoms with E-state index in [1.165, 1.54) is 6.20 Å². The van der Waals surface area contributed by atoms with Gasteiger partial charge in [0.25, 0.3) is 0 Å². The first kappa shape index (κ1) is 13.6. The van der Waals surface area contributed by atoms with Crippen molar-refractivity contribution in [2.75, 3.05) is 5.32 Å². The number of hydrogen-bond acceptors (Lipinski definition) is 4.